The van der Waals surface area contributed by atoms with Crippen LogP contribution in [0.2, 0.25) is 0 Å². The Hall–Kier alpha value is -3.27. The lowest BCUT2D eigenvalue weighted by Gasteiger charge is -2.13. The SMILES string of the molecule is CCOC(=O)c1ccccc1NC(=O)c1cc(C2CC2)nc2c1c(C)nn2[C@@H]1CCS(=O)(=O)C1. The van der Waals surface area contributed by atoms with Crippen molar-refractivity contribution in [3.63, 3.8) is 0 Å². The normalized spacial score (nSPS) is 19.3. The highest BCUT2D eigenvalue weighted by atomic mass is 32.2. The molecule has 0 bridgehead atoms. The molecule has 2 fully saturated rings. The van der Waals surface area contributed by atoms with Crippen LogP contribution in [-0.4, -0.2) is 53.2 Å². The van der Waals surface area contributed by atoms with Gasteiger partial charge in [-0.05, 0) is 51.3 Å². The Morgan fingerprint density at radius 2 is 1.94 bits per heavy atom. The highest BCUT2D eigenvalue weighted by molar-refractivity contribution is 7.91. The number of aromatic nitrogens is 3. The van der Waals surface area contributed by atoms with E-state index in [1.807, 2.05) is 0 Å². The number of carbonyl (C=O) groups excluding carboxylic acids is 2. The number of fused-ring (bicyclic) bond motifs is 1. The van der Waals surface area contributed by atoms with Crippen molar-refractivity contribution in [2.24, 2.45) is 0 Å². The fourth-order valence-corrected chi connectivity index (χ4v) is 6.18. The maximum atomic E-state index is 13.5. The molecule has 1 aliphatic heterocycles. The summed E-state index contributed by atoms with van der Waals surface area (Å²) in [4.78, 5) is 30.7. The molecule has 2 aromatic heterocycles. The van der Waals surface area contributed by atoms with E-state index in [0.29, 0.717) is 34.4 Å². The Morgan fingerprint density at radius 3 is 2.62 bits per heavy atom. The van der Waals surface area contributed by atoms with E-state index in [1.165, 1.54) is 0 Å². The molecule has 0 radical (unpaired) electrons. The molecule has 1 amide bonds. The van der Waals surface area contributed by atoms with Gasteiger partial charge in [0, 0.05) is 11.6 Å². The van der Waals surface area contributed by atoms with Gasteiger partial charge >= 0.3 is 5.97 Å². The lowest BCUT2D eigenvalue weighted by atomic mass is 10.1. The number of benzene rings is 1. The molecule has 3 heterocycles. The van der Waals surface area contributed by atoms with Gasteiger partial charge in [0.25, 0.3) is 5.91 Å². The fourth-order valence-electron chi connectivity index (χ4n) is 4.49. The zero-order chi connectivity index (χ0) is 24.0. The largest absolute Gasteiger partial charge is 0.462 e. The molecule has 1 aromatic carbocycles. The molecule has 178 valence electrons. The van der Waals surface area contributed by atoms with Gasteiger partial charge in [0.05, 0.1) is 52.0 Å². The molecule has 1 aliphatic carbocycles. The van der Waals surface area contributed by atoms with Gasteiger partial charge in [-0.2, -0.15) is 5.10 Å². The van der Waals surface area contributed by atoms with Crippen molar-refractivity contribution in [1.82, 2.24) is 14.8 Å². The first-order chi connectivity index (χ1) is 16.3. The Morgan fingerprint density at radius 1 is 1.18 bits per heavy atom. The highest BCUT2D eigenvalue weighted by Crippen LogP contribution is 2.41. The Kier molecular flexibility index (Phi) is 5.63. The van der Waals surface area contributed by atoms with E-state index in [-0.39, 0.29) is 41.5 Å². The van der Waals surface area contributed by atoms with Crippen molar-refractivity contribution < 1.29 is 22.7 Å². The molecular weight excluding hydrogens is 456 g/mol. The number of ether oxygens (including phenoxy) is 1. The summed E-state index contributed by atoms with van der Waals surface area (Å²) < 4.78 is 31.0. The van der Waals surface area contributed by atoms with Crippen molar-refractivity contribution >= 4 is 38.4 Å². The number of nitrogens with zero attached hydrogens (tertiary/aromatic N) is 3. The summed E-state index contributed by atoms with van der Waals surface area (Å²) in [5.41, 5.74) is 2.99. The minimum Gasteiger partial charge on any atom is -0.462 e. The Balaban J connectivity index is 1.58. The van der Waals surface area contributed by atoms with Crippen LogP contribution in [-0.2, 0) is 14.6 Å². The summed E-state index contributed by atoms with van der Waals surface area (Å²) in [6, 6.07) is 8.21. The second-order valence-electron chi connectivity index (χ2n) is 8.87. The van der Waals surface area contributed by atoms with Crippen LogP contribution in [0.4, 0.5) is 5.69 Å². The zero-order valence-electron chi connectivity index (χ0n) is 19.1. The first-order valence-electron chi connectivity index (χ1n) is 11.4. The molecule has 1 atom stereocenters. The van der Waals surface area contributed by atoms with Crippen molar-refractivity contribution in [2.45, 2.75) is 45.1 Å². The van der Waals surface area contributed by atoms with Crippen molar-refractivity contribution in [2.75, 3.05) is 23.4 Å². The molecule has 9 nitrogen and oxygen atoms in total. The molecule has 3 aromatic rings. The molecule has 1 N–H and O–H groups in total. The van der Waals surface area contributed by atoms with Crippen LogP contribution in [0.25, 0.3) is 11.0 Å². The summed E-state index contributed by atoms with van der Waals surface area (Å²) in [5.74, 6) is -0.472. The maximum Gasteiger partial charge on any atom is 0.340 e. The number of pyridine rings is 1. The number of sulfone groups is 1. The molecule has 1 saturated heterocycles. The average Bonchev–Trinajstić information content (AvgIpc) is 3.52. The number of nitrogens with one attached hydrogen (secondary N) is 1. The molecule has 34 heavy (non-hydrogen) atoms. The average molecular weight is 483 g/mol. The molecule has 0 spiro atoms. The number of anilines is 1. The first-order valence-corrected chi connectivity index (χ1v) is 13.3. The van der Waals surface area contributed by atoms with E-state index in [0.717, 1.165) is 18.5 Å². The van der Waals surface area contributed by atoms with Gasteiger partial charge in [-0.15, -0.1) is 0 Å². The van der Waals surface area contributed by atoms with E-state index < -0.39 is 15.8 Å². The third-order valence-electron chi connectivity index (χ3n) is 6.32. The second kappa shape index (κ2) is 8.50. The van der Waals surface area contributed by atoms with Crippen molar-refractivity contribution in [3.8, 4) is 0 Å². The third-order valence-corrected chi connectivity index (χ3v) is 8.07. The number of esters is 1. The standard InChI is InChI=1S/C24H26N4O5S/c1-3-33-24(30)17-6-4-5-7-19(17)26-23(29)18-12-20(15-8-9-15)25-22-21(18)14(2)27-28(22)16-10-11-34(31,32)13-16/h4-7,12,15-16H,3,8-11,13H2,1-2H3,(H,26,29)/t16-/m1/s1. The van der Waals surface area contributed by atoms with Crippen LogP contribution in [0.3, 0.4) is 0 Å². The molecule has 0 unspecified atom stereocenters. The second-order valence-corrected chi connectivity index (χ2v) is 11.1. The molecule has 1 saturated carbocycles. The lowest BCUT2D eigenvalue weighted by molar-refractivity contribution is 0.0527. The minimum absolute atomic E-state index is 0.0208. The molecule has 10 heteroatoms. The highest BCUT2D eigenvalue weighted by Gasteiger charge is 2.34. The molecule has 2 aliphatic rings. The summed E-state index contributed by atoms with van der Waals surface area (Å²) in [5, 5.41) is 8.07. The number of rotatable bonds is 6. The lowest BCUT2D eigenvalue weighted by Crippen LogP contribution is -2.17. The fraction of sp³-hybridized carbons (Fsp3) is 0.417. The zero-order valence-corrected chi connectivity index (χ0v) is 19.9. The van der Waals surface area contributed by atoms with E-state index in [4.69, 9.17) is 9.72 Å². The number of amides is 1. The number of aryl methyl sites for hydroxylation is 1. The summed E-state index contributed by atoms with van der Waals surface area (Å²) in [7, 11) is -3.11. The van der Waals surface area contributed by atoms with Gasteiger partial charge in [0.1, 0.15) is 0 Å². The van der Waals surface area contributed by atoms with Crippen LogP contribution in [0.15, 0.2) is 30.3 Å². The number of carbonyl (C=O) groups is 2. The van der Waals surface area contributed by atoms with E-state index >= 15 is 0 Å². The summed E-state index contributed by atoms with van der Waals surface area (Å²) >= 11 is 0. The smallest absolute Gasteiger partial charge is 0.340 e. The number of para-hydroxylation sites is 1. The van der Waals surface area contributed by atoms with Crippen LogP contribution < -0.4 is 5.32 Å². The molecule has 5 rings (SSSR count). The van der Waals surface area contributed by atoms with Gasteiger partial charge < -0.3 is 10.1 Å². The predicted molar refractivity (Wildman–Crippen MR) is 127 cm³/mol. The first kappa shape index (κ1) is 22.5. The summed E-state index contributed by atoms with van der Waals surface area (Å²) in [6.07, 6.45) is 2.47. The Bertz CT molecular complexity index is 1410. The van der Waals surface area contributed by atoms with Gasteiger partial charge in [-0.3, -0.25) is 4.79 Å². The topological polar surface area (TPSA) is 120 Å². The van der Waals surface area contributed by atoms with Gasteiger partial charge in [-0.25, -0.2) is 22.9 Å². The monoisotopic (exact) mass is 482 g/mol. The van der Waals surface area contributed by atoms with Crippen molar-refractivity contribution in [3.05, 3.63) is 52.8 Å². The van der Waals surface area contributed by atoms with Crippen LogP contribution in [0.1, 0.15) is 70.2 Å². The van der Waals surface area contributed by atoms with E-state index in [9.17, 15) is 18.0 Å². The van der Waals surface area contributed by atoms with E-state index in [2.05, 4.69) is 10.4 Å². The predicted octanol–water partition coefficient (Wildman–Crippen LogP) is 3.41. The quantitative estimate of drug-likeness (QED) is 0.535. The number of hydrogen-bond acceptors (Lipinski definition) is 7. The van der Waals surface area contributed by atoms with Gasteiger partial charge in [0.15, 0.2) is 15.5 Å². The van der Waals surface area contributed by atoms with E-state index in [1.54, 1.807) is 48.9 Å². The number of hydrogen-bond donors (Lipinski definition) is 1. The molecular formula is C24H26N4O5S. The third kappa shape index (κ3) is 4.18. The minimum atomic E-state index is -3.11. The summed E-state index contributed by atoms with van der Waals surface area (Å²) in [6.45, 7) is 3.75. The Labute approximate surface area is 197 Å². The van der Waals surface area contributed by atoms with Gasteiger partial charge in [0.2, 0.25) is 0 Å². The maximum absolute atomic E-state index is 13.5. The van der Waals surface area contributed by atoms with Crippen LogP contribution in [0, 0.1) is 6.92 Å². The van der Waals surface area contributed by atoms with Crippen LogP contribution in [0.5, 0.6) is 0 Å². The van der Waals surface area contributed by atoms with Crippen molar-refractivity contribution in [1.29, 1.82) is 0 Å². The van der Waals surface area contributed by atoms with Crippen LogP contribution >= 0.6 is 0 Å². The van der Waals surface area contributed by atoms with Gasteiger partial charge in [-0.1, -0.05) is 12.1 Å².